The summed E-state index contributed by atoms with van der Waals surface area (Å²) >= 11 is 0. The SMILES string of the molecule is NCC(C(=O)N[C@@H]1C(=O)N2CCCN2C(=O)c2ccccc21)C(F)(F)F. The summed E-state index contributed by atoms with van der Waals surface area (Å²) in [6, 6.07) is 4.68. The van der Waals surface area contributed by atoms with Crippen molar-refractivity contribution in [1.29, 1.82) is 0 Å². The zero-order valence-electron chi connectivity index (χ0n) is 13.6. The van der Waals surface area contributed by atoms with Gasteiger partial charge in [-0.1, -0.05) is 18.2 Å². The third kappa shape index (κ3) is 3.00. The topological polar surface area (TPSA) is 95.7 Å². The Kier molecular flexibility index (Phi) is 4.61. The van der Waals surface area contributed by atoms with Crippen molar-refractivity contribution >= 4 is 17.7 Å². The molecule has 0 saturated carbocycles. The number of amides is 3. The Morgan fingerprint density at radius 2 is 1.88 bits per heavy atom. The zero-order valence-corrected chi connectivity index (χ0v) is 13.6. The first-order valence-electron chi connectivity index (χ1n) is 8.05. The number of rotatable bonds is 3. The Labute approximate surface area is 146 Å². The van der Waals surface area contributed by atoms with Gasteiger partial charge in [0.25, 0.3) is 11.8 Å². The molecule has 1 unspecified atom stereocenters. The maximum Gasteiger partial charge on any atom is 0.401 e. The zero-order chi connectivity index (χ0) is 19.1. The lowest BCUT2D eigenvalue weighted by Crippen LogP contribution is -2.50. The molecule has 0 aliphatic carbocycles. The maximum absolute atomic E-state index is 13.0. The second-order valence-electron chi connectivity index (χ2n) is 6.10. The molecule has 140 valence electrons. The van der Waals surface area contributed by atoms with Gasteiger partial charge >= 0.3 is 6.18 Å². The van der Waals surface area contributed by atoms with Gasteiger partial charge in [0.2, 0.25) is 5.91 Å². The number of hydrogen-bond acceptors (Lipinski definition) is 4. The highest BCUT2D eigenvalue weighted by Crippen LogP contribution is 2.31. The van der Waals surface area contributed by atoms with Crippen LogP contribution in [0.3, 0.4) is 0 Å². The lowest BCUT2D eigenvalue weighted by Gasteiger charge is -2.28. The average Bonchev–Trinajstić information content (AvgIpc) is 3.05. The lowest BCUT2D eigenvalue weighted by atomic mass is 9.98. The number of fused-ring (bicyclic) bond motifs is 2. The van der Waals surface area contributed by atoms with Crippen molar-refractivity contribution in [2.45, 2.75) is 18.6 Å². The minimum absolute atomic E-state index is 0.170. The molecule has 1 aromatic carbocycles. The van der Waals surface area contributed by atoms with E-state index in [0.29, 0.717) is 13.0 Å². The van der Waals surface area contributed by atoms with Gasteiger partial charge in [-0.25, -0.2) is 10.0 Å². The first kappa shape index (κ1) is 18.2. The standard InChI is InChI=1S/C16H17F3N4O3/c17-16(18,19)11(8-20)13(24)21-12-9-4-1-2-5-10(9)14(25)22-6-3-7-23(22)15(12)26/h1-2,4-5,11-12H,3,6-8,20H2,(H,21,24)/t11?,12-/m0/s1. The number of nitrogens with two attached hydrogens (primary N) is 1. The fourth-order valence-corrected chi connectivity index (χ4v) is 3.19. The number of hydrazine groups is 1. The van der Waals surface area contributed by atoms with E-state index >= 15 is 0 Å². The van der Waals surface area contributed by atoms with Crippen molar-refractivity contribution in [3.05, 3.63) is 35.4 Å². The van der Waals surface area contributed by atoms with Gasteiger partial charge < -0.3 is 11.1 Å². The van der Waals surface area contributed by atoms with Crippen LogP contribution in [0.2, 0.25) is 0 Å². The number of nitrogens with one attached hydrogen (secondary N) is 1. The number of carbonyl (C=O) groups is 3. The number of benzene rings is 1. The minimum Gasteiger partial charge on any atom is -0.340 e. The summed E-state index contributed by atoms with van der Waals surface area (Å²) in [5.41, 5.74) is 5.44. The Balaban J connectivity index is 1.99. The second-order valence-corrected chi connectivity index (χ2v) is 6.10. The van der Waals surface area contributed by atoms with E-state index in [0.717, 1.165) is 0 Å². The van der Waals surface area contributed by atoms with E-state index in [9.17, 15) is 27.6 Å². The summed E-state index contributed by atoms with van der Waals surface area (Å²) in [7, 11) is 0. The van der Waals surface area contributed by atoms with Crippen molar-refractivity contribution in [3.8, 4) is 0 Å². The van der Waals surface area contributed by atoms with E-state index in [1.807, 2.05) is 0 Å². The lowest BCUT2D eigenvalue weighted by molar-refractivity contribution is -0.181. The first-order chi connectivity index (χ1) is 12.3. The molecule has 0 aromatic heterocycles. The Bertz CT molecular complexity index is 753. The fraction of sp³-hybridized carbons (Fsp3) is 0.438. The fourth-order valence-electron chi connectivity index (χ4n) is 3.19. The van der Waals surface area contributed by atoms with Crippen LogP contribution < -0.4 is 11.1 Å². The van der Waals surface area contributed by atoms with Crippen LogP contribution >= 0.6 is 0 Å². The van der Waals surface area contributed by atoms with E-state index < -0.39 is 42.4 Å². The summed E-state index contributed by atoms with van der Waals surface area (Å²) < 4.78 is 38.9. The minimum atomic E-state index is -4.83. The molecule has 10 heteroatoms. The maximum atomic E-state index is 13.0. The van der Waals surface area contributed by atoms with Crippen molar-refractivity contribution < 1.29 is 27.6 Å². The van der Waals surface area contributed by atoms with Crippen molar-refractivity contribution in [2.75, 3.05) is 19.6 Å². The van der Waals surface area contributed by atoms with Gasteiger partial charge in [0.05, 0.1) is 0 Å². The van der Waals surface area contributed by atoms with Crippen LogP contribution in [-0.4, -0.2) is 53.5 Å². The van der Waals surface area contributed by atoms with Gasteiger partial charge in [-0.2, -0.15) is 13.2 Å². The van der Waals surface area contributed by atoms with Gasteiger partial charge in [0, 0.05) is 25.2 Å². The molecule has 0 spiro atoms. The van der Waals surface area contributed by atoms with Gasteiger partial charge in [-0.05, 0) is 18.1 Å². The van der Waals surface area contributed by atoms with E-state index in [1.54, 1.807) is 12.1 Å². The Morgan fingerprint density at radius 3 is 2.54 bits per heavy atom. The predicted octanol–water partition coefficient (Wildman–Crippen LogP) is 0.584. The highest BCUT2D eigenvalue weighted by molar-refractivity contribution is 6.02. The van der Waals surface area contributed by atoms with Crippen LogP contribution in [0.25, 0.3) is 0 Å². The van der Waals surface area contributed by atoms with Gasteiger partial charge in [-0.15, -0.1) is 0 Å². The van der Waals surface area contributed by atoms with Gasteiger partial charge in [0.1, 0.15) is 12.0 Å². The van der Waals surface area contributed by atoms with Crippen LogP contribution in [0, 0.1) is 5.92 Å². The van der Waals surface area contributed by atoms with Crippen LogP contribution in [0.5, 0.6) is 0 Å². The summed E-state index contributed by atoms with van der Waals surface area (Å²) in [6.07, 6.45) is -4.28. The summed E-state index contributed by atoms with van der Waals surface area (Å²) in [5, 5.41) is 4.59. The molecule has 0 radical (unpaired) electrons. The molecule has 1 aromatic rings. The van der Waals surface area contributed by atoms with Crippen molar-refractivity contribution in [2.24, 2.45) is 11.7 Å². The molecular formula is C16H17F3N4O3. The largest absolute Gasteiger partial charge is 0.401 e. The third-order valence-electron chi connectivity index (χ3n) is 4.50. The second kappa shape index (κ2) is 6.60. The Morgan fingerprint density at radius 1 is 1.23 bits per heavy atom. The monoisotopic (exact) mass is 370 g/mol. The summed E-state index contributed by atoms with van der Waals surface area (Å²) in [4.78, 5) is 37.6. The highest BCUT2D eigenvalue weighted by Gasteiger charge is 2.47. The van der Waals surface area contributed by atoms with E-state index in [4.69, 9.17) is 5.73 Å². The van der Waals surface area contributed by atoms with Crippen molar-refractivity contribution in [3.63, 3.8) is 0 Å². The smallest absolute Gasteiger partial charge is 0.340 e. The molecule has 3 N–H and O–H groups in total. The predicted molar refractivity (Wildman–Crippen MR) is 83.3 cm³/mol. The molecule has 3 amide bonds. The molecule has 3 rings (SSSR count). The number of alkyl halides is 3. The molecule has 0 bridgehead atoms. The van der Waals surface area contributed by atoms with Crippen molar-refractivity contribution in [1.82, 2.24) is 15.3 Å². The number of carbonyl (C=O) groups excluding carboxylic acids is 3. The number of nitrogens with zero attached hydrogens (tertiary/aromatic N) is 2. The Hall–Kier alpha value is -2.62. The molecule has 2 heterocycles. The number of hydrogen-bond donors (Lipinski definition) is 2. The molecular weight excluding hydrogens is 353 g/mol. The van der Waals surface area contributed by atoms with Gasteiger partial charge in [-0.3, -0.25) is 14.4 Å². The highest BCUT2D eigenvalue weighted by atomic mass is 19.4. The third-order valence-corrected chi connectivity index (χ3v) is 4.50. The molecule has 26 heavy (non-hydrogen) atoms. The van der Waals surface area contributed by atoms with Gasteiger partial charge in [0.15, 0.2) is 0 Å². The summed E-state index contributed by atoms with van der Waals surface area (Å²) in [5.74, 6) is -4.90. The molecule has 1 fully saturated rings. The number of halogens is 3. The normalized spacial score (nSPS) is 21.2. The van der Waals surface area contributed by atoms with Crippen LogP contribution in [0.15, 0.2) is 24.3 Å². The average molecular weight is 370 g/mol. The van der Waals surface area contributed by atoms with Crippen LogP contribution in [0.1, 0.15) is 28.4 Å². The molecule has 1 saturated heterocycles. The first-order valence-corrected chi connectivity index (χ1v) is 8.05. The van der Waals surface area contributed by atoms with Crippen LogP contribution in [0.4, 0.5) is 13.2 Å². The summed E-state index contributed by atoms with van der Waals surface area (Å²) in [6.45, 7) is -0.356. The van der Waals surface area contributed by atoms with Crippen LogP contribution in [-0.2, 0) is 9.59 Å². The van der Waals surface area contributed by atoms with E-state index in [-0.39, 0.29) is 17.7 Å². The molecule has 2 atom stereocenters. The van der Waals surface area contributed by atoms with E-state index in [1.165, 1.54) is 22.2 Å². The van der Waals surface area contributed by atoms with E-state index in [2.05, 4.69) is 5.32 Å². The molecule has 2 aliphatic rings. The quantitative estimate of drug-likeness (QED) is 0.814. The molecule has 2 aliphatic heterocycles. The molecule has 7 nitrogen and oxygen atoms in total.